The van der Waals surface area contributed by atoms with Crippen LogP contribution in [0.15, 0.2) is 34.9 Å². The van der Waals surface area contributed by atoms with Crippen molar-refractivity contribution in [3.05, 3.63) is 63.1 Å². The smallest absolute Gasteiger partial charge is 0.344 e. The molecule has 8 nitrogen and oxygen atoms in total. The summed E-state index contributed by atoms with van der Waals surface area (Å²) in [7, 11) is 0. The van der Waals surface area contributed by atoms with E-state index in [9.17, 15) is 19.1 Å². The van der Waals surface area contributed by atoms with Crippen LogP contribution in [0.4, 0.5) is 9.52 Å². The number of hydrogen-bond donors (Lipinski definition) is 1. The van der Waals surface area contributed by atoms with Gasteiger partial charge in [-0.3, -0.25) is 0 Å². The Morgan fingerprint density at radius 1 is 1.15 bits per heavy atom. The molecule has 2 atom stereocenters. The molecule has 2 bridgehead atoms. The molecule has 12 heteroatoms. The number of ether oxygens (including phenoxy) is 1. The fourth-order valence-corrected chi connectivity index (χ4v) is 7.58. The van der Waals surface area contributed by atoms with Gasteiger partial charge < -0.3 is 19.3 Å². The molecule has 2 saturated heterocycles. The zero-order chi connectivity index (χ0) is 29.2. The van der Waals surface area contributed by atoms with Gasteiger partial charge in [-0.1, -0.05) is 66.5 Å². The number of hydrogen-bond acceptors (Lipinski definition) is 8. The molecule has 0 aliphatic carbocycles. The molecule has 0 radical (unpaired) electrons. The van der Waals surface area contributed by atoms with E-state index < -0.39 is 23.2 Å². The molecule has 2 aromatic heterocycles. The van der Waals surface area contributed by atoms with Crippen LogP contribution < -0.4 is 4.90 Å². The van der Waals surface area contributed by atoms with Crippen LogP contribution in [0, 0.1) is 5.82 Å². The largest absolute Gasteiger partial charge is 0.478 e. The highest BCUT2D eigenvalue weighted by molar-refractivity contribution is 7.22. The molecule has 0 saturated carbocycles. The summed E-state index contributed by atoms with van der Waals surface area (Å²) in [6.45, 7) is 5.75. The Morgan fingerprint density at radius 2 is 1.80 bits per heavy atom. The summed E-state index contributed by atoms with van der Waals surface area (Å²) in [5.41, 5.74) is 0.367. The van der Waals surface area contributed by atoms with Crippen molar-refractivity contribution < 1.29 is 28.3 Å². The number of fused-ring (bicyclic) bond motifs is 3. The quantitative estimate of drug-likeness (QED) is 0.227. The molecule has 0 spiro atoms. The molecular formula is C29H26Cl2FN3O5S. The van der Waals surface area contributed by atoms with Gasteiger partial charge in [-0.15, -0.1) is 0 Å². The monoisotopic (exact) mass is 617 g/mol. The second-order valence-electron chi connectivity index (χ2n) is 11.5. The van der Waals surface area contributed by atoms with Crippen LogP contribution in [0.1, 0.15) is 72.9 Å². The first-order valence-corrected chi connectivity index (χ1v) is 14.8. The van der Waals surface area contributed by atoms with Gasteiger partial charge in [0, 0.05) is 35.9 Å². The Morgan fingerprint density at radius 3 is 2.41 bits per heavy atom. The normalized spacial score (nSPS) is 20.5. The Bertz CT molecular complexity index is 1660. The maximum Gasteiger partial charge on any atom is 0.344 e. The van der Waals surface area contributed by atoms with Gasteiger partial charge in [0.2, 0.25) is 0 Å². The zero-order valence-corrected chi connectivity index (χ0v) is 24.7. The minimum absolute atomic E-state index is 0.0381. The second-order valence-corrected chi connectivity index (χ2v) is 13.3. The van der Waals surface area contributed by atoms with Gasteiger partial charge in [0.25, 0.3) is 0 Å². The number of carbonyl (C=O) groups excluding carboxylic acids is 1. The number of carbonyl (C=O) groups is 2. The second kappa shape index (κ2) is 10.3. The van der Waals surface area contributed by atoms with Crippen LogP contribution in [0.25, 0.3) is 21.5 Å². The summed E-state index contributed by atoms with van der Waals surface area (Å²) in [4.78, 5) is 31.8. The topological polar surface area (TPSA) is 106 Å². The number of carboxylic acid groups (broad SMARTS) is 1. The van der Waals surface area contributed by atoms with Crippen LogP contribution >= 0.6 is 34.5 Å². The molecule has 4 aromatic rings. The highest BCUT2D eigenvalue weighted by atomic mass is 35.5. The lowest BCUT2D eigenvalue weighted by atomic mass is 9.88. The van der Waals surface area contributed by atoms with E-state index in [4.69, 9.17) is 32.5 Å². The third kappa shape index (κ3) is 4.96. The van der Waals surface area contributed by atoms with Gasteiger partial charge >= 0.3 is 11.9 Å². The lowest BCUT2D eigenvalue weighted by Gasteiger charge is -2.38. The van der Waals surface area contributed by atoms with Gasteiger partial charge in [-0.2, -0.15) is 0 Å². The Labute approximate surface area is 249 Å². The van der Waals surface area contributed by atoms with Crippen molar-refractivity contribution in [2.45, 2.75) is 70.1 Å². The van der Waals surface area contributed by atoms with Crippen molar-refractivity contribution in [1.82, 2.24) is 10.1 Å². The lowest BCUT2D eigenvalue weighted by molar-refractivity contribution is 0.0200. The molecule has 2 unspecified atom stereocenters. The number of anilines is 1. The summed E-state index contributed by atoms with van der Waals surface area (Å²) in [6, 6.07) is 7.58. The molecule has 4 heterocycles. The number of piperidine rings is 1. The van der Waals surface area contributed by atoms with Crippen molar-refractivity contribution >= 4 is 61.8 Å². The van der Waals surface area contributed by atoms with E-state index in [2.05, 4.69) is 15.0 Å². The van der Waals surface area contributed by atoms with E-state index in [0.29, 0.717) is 44.0 Å². The Hall–Kier alpha value is -3.21. The van der Waals surface area contributed by atoms with Gasteiger partial charge in [0.05, 0.1) is 20.3 Å². The van der Waals surface area contributed by atoms with Crippen molar-refractivity contribution in [3.63, 3.8) is 0 Å². The maximum absolute atomic E-state index is 14.6. The Kier molecular flexibility index (Phi) is 6.99. The van der Waals surface area contributed by atoms with Crippen LogP contribution in [0.5, 0.6) is 0 Å². The summed E-state index contributed by atoms with van der Waals surface area (Å²) < 4.78 is 26.9. The highest BCUT2D eigenvalue weighted by Crippen LogP contribution is 2.45. The van der Waals surface area contributed by atoms with Gasteiger partial charge in [0.1, 0.15) is 22.9 Å². The molecule has 2 aromatic carbocycles. The van der Waals surface area contributed by atoms with Crippen molar-refractivity contribution in [1.29, 1.82) is 0 Å². The first-order chi connectivity index (χ1) is 19.4. The van der Waals surface area contributed by atoms with Crippen molar-refractivity contribution in [3.8, 4) is 11.3 Å². The van der Waals surface area contributed by atoms with Crippen LogP contribution in [-0.4, -0.2) is 45.4 Å². The number of nitrogens with zero attached hydrogens (tertiary/aromatic N) is 3. The highest BCUT2D eigenvalue weighted by Gasteiger charge is 2.44. The molecule has 41 heavy (non-hydrogen) atoms. The zero-order valence-electron chi connectivity index (χ0n) is 22.4. The summed E-state index contributed by atoms with van der Waals surface area (Å²) >= 11 is 14.2. The van der Waals surface area contributed by atoms with E-state index in [-0.39, 0.29) is 40.5 Å². The van der Waals surface area contributed by atoms with Crippen molar-refractivity contribution in [2.24, 2.45) is 0 Å². The number of thiazole rings is 1. The predicted molar refractivity (Wildman–Crippen MR) is 155 cm³/mol. The van der Waals surface area contributed by atoms with Crippen LogP contribution in [0.2, 0.25) is 10.0 Å². The van der Waals surface area contributed by atoms with E-state index in [1.807, 2.05) is 20.8 Å². The fourth-order valence-electron chi connectivity index (χ4n) is 5.84. The average Bonchev–Trinajstić information content (AvgIpc) is 3.58. The van der Waals surface area contributed by atoms with E-state index in [1.165, 1.54) is 17.4 Å². The molecule has 214 valence electrons. The minimum atomic E-state index is -1.19. The number of aromatic carboxylic acids is 1. The number of aromatic nitrogens is 2. The molecule has 2 fully saturated rings. The third-order valence-electron chi connectivity index (χ3n) is 7.65. The maximum atomic E-state index is 14.6. The Balaban J connectivity index is 1.27. The first-order valence-electron chi connectivity index (χ1n) is 13.2. The summed E-state index contributed by atoms with van der Waals surface area (Å²) in [5, 5.41) is 14.8. The van der Waals surface area contributed by atoms with E-state index >= 15 is 0 Å². The minimum Gasteiger partial charge on any atom is -0.478 e. The number of rotatable bonds is 5. The number of carboxylic acids is 1. The molecule has 2 aliphatic heterocycles. The van der Waals surface area contributed by atoms with E-state index in [0.717, 1.165) is 18.9 Å². The van der Waals surface area contributed by atoms with Crippen LogP contribution in [0.3, 0.4) is 0 Å². The summed E-state index contributed by atoms with van der Waals surface area (Å²) in [6.07, 6.45) is 2.52. The molecule has 1 N–H and O–H groups in total. The fraction of sp³-hybridized carbons (Fsp3) is 0.379. The van der Waals surface area contributed by atoms with E-state index in [1.54, 1.807) is 18.2 Å². The molecule has 2 aliphatic rings. The lowest BCUT2D eigenvalue weighted by Crippen LogP contribution is -2.46. The molecule has 6 rings (SSSR count). The third-order valence-corrected chi connectivity index (χ3v) is 9.29. The SMILES string of the molecule is CC(C)(C)c1onc(-c2c(Cl)cccc2Cl)c1C(=O)OC1CC2CCC(C1)N2c1nc2c(F)cc(C(=O)O)cc2s1. The van der Waals surface area contributed by atoms with Gasteiger partial charge in [-0.05, 0) is 37.1 Å². The molecular weight excluding hydrogens is 592 g/mol. The summed E-state index contributed by atoms with van der Waals surface area (Å²) in [5.74, 6) is -2.02. The first kappa shape index (κ1) is 27.9. The van der Waals surface area contributed by atoms with Crippen molar-refractivity contribution in [2.75, 3.05) is 4.90 Å². The average molecular weight is 619 g/mol. The molecule has 0 amide bonds. The van der Waals surface area contributed by atoms with Crippen LogP contribution in [-0.2, 0) is 10.2 Å². The standard InChI is InChI=1S/C29H26Cl2FN3O5S/c1-29(2,3)25-22(24(34-40-25)21-17(30)5-4-6-18(21)31)27(38)39-16-11-14-7-8-15(12-16)35(14)28-33-23-19(32)9-13(26(36)37)10-20(23)41-28/h4-6,9-10,14-16H,7-8,11-12H2,1-3H3,(H,36,37). The predicted octanol–water partition coefficient (Wildman–Crippen LogP) is 7.75. The van der Waals surface area contributed by atoms with Gasteiger partial charge in [0.15, 0.2) is 16.7 Å². The van der Waals surface area contributed by atoms with Gasteiger partial charge in [-0.25, -0.2) is 19.0 Å². The number of halogens is 3. The number of benzene rings is 2. The number of esters is 1.